The molecule has 0 radical (unpaired) electrons. The summed E-state index contributed by atoms with van der Waals surface area (Å²) in [6.45, 7) is 0.517. The summed E-state index contributed by atoms with van der Waals surface area (Å²) >= 11 is 0. The molecule has 160 valence electrons. The summed E-state index contributed by atoms with van der Waals surface area (Å²) in [4.78, 5) is 6.16. The fourth-order valence-electron chi connectivity index (χ4n) is 4.04. The van der Waals surface area contributed by atoms with Gasteiger partial charge in [-0.25, -0.2) is 9.20 Å². The molecule has 0 spiro atoms. The fraction of sp³-hybridized carbons (Fsp3) is 0.148. The van der Waals surface area contributed by atoms with E-state index in [2.05, 4.69) is 12.1 Å². The lowest BCUT2D eigenvalue weighted by Gasteiger charge is -2.14. The maximum Gasteiger partial charge on any atom is 0.217 e. The zero-order chi connectivity index (χ0) is 21.9. The lowest BCUT2D eigenvalue weighted by molar-refractivity contribution is 0.316. The van der Waals surface area contributed by atoms with Crippen molar-refractivity contribution in [1.29, 1.82) is 0 Å². The predicted octanol–water partition coefficient (Wildman–Crippen LogP) is 5.40. The highest BCUT2D eigenvalue weighted by atomic mass is 32.2. The fourth-order valence-corrected chi connectivity index (χ4v) is 5.54. The van der Waals surface area contributed by atoms with Crippen molar-refractivity contribution in [3.63, 3.8) is 0 Å². The van der Waals surface area contributed by atoms with E-state index in [-0.39, 0.29) is 6.04 Å². The van der Waals surface area contributed by atoms with Gasteiger partial charge in [-0.1, -0.05) is 72.8 Å². The Hall–Kier alpha value is -3.44. The maximum absolute atomic E-state index is 13.9. The summed E-state index contributed by atoms with van der Waals surface area (Å²) in [5.74, 6) is 1.15. The van der Waals surface area contributed by atoms with E-state index in [1.54, 1.807) is 7.11 Å². The van der Waals surface area contributed by atoms with Crippen molar-refractivity contribution in [2.75, 3.05) is 13.7 Å². The van der Waals surface area contributed by atoms with Gasteiger partial charge in [-0.3, -0.25) is 0 Å². The monoisotopic (exact) mass is 441 g/mol. The molecule has 1 aliphatic heterocycles. The summed E-state index contributed by atoms with van der Waals surface area (Å²) < 4.78 is 25.5. The summed E-state index contributed by atoms with van der Waals surface area (Å²) in [7, 11) is 0.131. The maximum atomic E-state index is 13.9. The number of fused-ring (bicyclic) bond motifs is 1. The van der Waals surface area contributed by atoms with Crippen LogP contribution in [0.2, 0.25) is 0 Å². The molecule has 0 saturated heterocycles. The van der Waals surface area contributed by atoms with Crippen LogP contribution in [0.5, 0.6) is 5.75 Å². The predicted molar refractivity (Wildman–Crippen MR) is 128 cm³/mol. The molecule has 1 heterocycles. The summed E-state index contributed by atoms with van der Waals surface area (Å²) in [5.41, 5.74) is 1.99. The number of hydrogen-bond donors (Lipinski definition) is 0. The van der Waals surface area contributed by atoms with E-state index >= 15 is 0 Å². The quantitative estimate of drug-likeness (QED) is 0.402. The number of hydrogen-bond acceptors (Lipinski definition) is 4. The lowest BCUT2D eigenvalue weighted by Crippen LogP contribution is -2.10. The van der Waals surface area contributed by atoms with Gasteiger partial charge < -0.3 is 9.47 Å². The van der Waals surface area contributed by atoms with E-state index in [1.807, 2.05) is 78.9 Å². The summed E-state index contributed by atoms with van der Waals surface area (Å²) in [6.07, 6.45) is 0.812. The third kappa shape index (κ3) is 3.92. The number of benzene rings is 4. The zero-order valence-corrected chi connectivity index (χ0v) is 18.5. The third-order valence-corrected chi connectivity index (χ3v) is 7.14. The first-order valence-corrected chi connectivity index (χ1v) is 11.7. The molecule has 4 aromatic rings. The summed E-state index contributed by atoms with van der Waals surface area (Å²) in [5, 5.41) is 1.93. The molecule has 0 saturated carbocycles. The van der Waals surface area contributed by atoms with Crippen LogP contribution in [0.4, 0.5) is 0 Å². The van der Waals surface area contributed by atoms with E-state index in [1.165, 1.54) is 5.56 Å². The van der Waals surface area contributed by atoms with Crippen LogP contribution in [-0.2, 0) is 22.0 Å². The minimum Gasteiger partial charge on any atom is -0.495 e. The molecule has 5 heteroatoms. The highest BCUT2D eigenvalue weighted by Crippen LogP contribution is 2.35. The van der Waals surface area contributed by atoms with Gasteiger partial charge in [0.1, 0.15) is 12.4 Å². The first-order chi connectivity index (χ1) is 15.7. The first-order valence-electron chi connectivity index (χ1n) is 10.6. The van der Waals surface area contributed by atoms with Crippen molar-refractivity contribution >= 4 is 27.5 Å². The second-order valence-electron chi connectivity index (χ2n) is 7.67. The molecule has 32 heavy (non-hydrogen) atoms. The van der Waals surface area contributed by atoms with Gasteiger partial charge in [-0.05, 0) is 35.6 Å². The molecule has 1 aliphatic rings. The van der Waals surface area contributed by atoms with Crippen molar-refractivity contribution in [2.24, 2.45) is 4.99 Å². The molecule has 0 amide bonds. The Morgan fingerprint density at radius 2 is 1.69 bits per heavy atom. The van der Waals surface area contributed by atoms with Crippen molar-refractivity contribution < 1.29 is 13.7 Å². The Bertz CT molecular complexity index is 1320. The minimum atomic E-state index is -1.48. The number of aliphatic imine (C=N–C) groups is 1. The molecule has 0 bridgehead atoms. The van der Waals surface area contributed by atoms with Crippen LogP contribution in [0.25, 0.3) is 10.8 Å². The molecule has 4 nitrogen and oxygen atoms in total. The lowest BCUT2D eigenvalue weighted by atomic mass is 10.1. The first kappa shape index (κ1) is 20.5. The van der Waals surface area contributed by atoms with Gasteiger partial charge >= 0.3 is 0 Å². The van der Waals surface area contributed by atoms with Crippen LogP contribution in [0.15, 0.2) is 106 Å². The topological polar surface area (TPSA) is 47.9 Å². The molecule has 1 unspecified atom stereocenters. The van der Waals surface area contributed by atoms with E-state index < -0.39 is 10.8 Å². The minimum absolute atomic E-state index is 0.0426. The molecule has 0 aromatic heterocycles. The van der Waals surface area contributed by atoms with Crippen LogP contribution >= 0.6 is 0 Å². The smallest absolute Gasteiger partial charge is 0.217 e. The van der Waals surface area contributed by atoms with Crippen LogP contribution in [-0.4, -0.2) is 29.9 Å². The van der Waals surface area contributed by atoms with Gasteiger partial charge in [0.2, 0.25) is 5.90 Å². The van der Waals surface area contributed by atoms with Crippen molar-refractivity contribution in [2.45, 2.75) is 22.3 Å². The van der Waals surface area contributed by atoms with Gasteiger partial charge in [-0.2, -0.15) is 0 Å². The standard InChI is InChI=1S/C27H23NO3S/c1-30-24-16-15-20-11-5-6-12-22(20)26(24)32(29)25-14-8-7-13-23(25)27-28-21(18-31-27)17-19-9-3-2-4-10-19/h2-16,21H,17-18H2,1H3/t21-,32?/m0/s1. The normalized spacial score (nSPS) is 16.4. The third-order valence-electron chi connectivity index (χ3n) is 5.59. The van der Waals surface area contributed by atoms with Crippen LogP contribution in [0.1, 0.15) is 11.1 Å². The molecular weight excluding hydrogens is 418 g/mol. The average Bonchev–Trinajstić information content (AvgIpc) is 3.31. The Morgan fingerprint density at radius 3 is 2.53 bits per heavy atom. The molecule has 2 atom stereocenters. The molecule has 4 aromatic carbocycles. The van der Waals surface area contributed by atoms with Gasteiger partial charge in [0.15, 0.2) is 0 Å². The highest BCUT2D eigenvalue weighted by molar-refractivity contribution is 7.85. The SMILES string of the molecule is COc1ccc2ccccc2c1S(=O)c1ccccc1C1=N[C@@H](Cc2ccccc2)CO1. The largest absolute Gasteiger partial charge is 0.495 e. The molecule has 0 N–H and O–H groups in total. The second kappa shape index (κ2) is 8.97. The van der Waals surface area contributed by atoms with Crippen LogP contribution in [0, 0.1) is 0 Å². The number of nitrogens with zero attached hydrogens (tertiary/aromatic N) is 1. The Labute approximate surface area is 190 Å². The van der Waals surface area contributed by atoms with E-state index in [0.29, 0.717) is 28.0 Å². The Kier molecular flexibility index (Phi) is 5.73. The molecule has 5 rings (SSSR count). The Morgan fingerprint density at radius 1 is 0.938 bits per heavy atom. The molecular formula is C27H23NO3S. The highest BCUT2D eigenvalue weighted by Gasteiger charge is 2.26. The van der Waals surface area contributed by atoms with E-state index in [0.717, 1.165) is 22.8 Å². The van der Waals surface area contributed by atoms with Crippen molar-refractivity contribution in [3.05, 3.63) is 102 Å². The average molecular weight is 442 g/mol. The Balaban J connectivity index is 1.53. The van der Waals surface area contributed by atoms with Crippen molar-refractivity contribution in [3.8, 4) is 5.75 Å². The number of methoxy groups -OCH3 is 1. The second-order valence-corrected chi connectivity index (χ2v) is 9.06. The van der Waals surface area contributed by atoms with Crippen molar-refractivity contribution in [1.82, 2.24) is 0 Å². The zero-order valence-electron chi connectivity index (χ0n) is 17.7. The molecule has 0 fully saturated rings. The van der Waals surface area contributed by atoms with Crippen LogP contribution in [0.3, 0.4) is 0 Å². The van der Waals surface area contributed by atoms with Gasteiger partial charge in [0.05, 0.1) is 39.3 Å². The van der Waals surface area contributed by atoms with Gasteiger partial charge in [0.25, 0.3) is 0 Å². The number of rotatable bonds is 6. The van der Waals surface area contributed by atoms with Gasteiger partial charge in [0, 0.05) is 5.39 Å². The summed E-state index contributed by atoms with van der Waals surface area (Å²) in [6, 6.07) is 29.7. The molecule has 0 aliphatic carbocycles. The van der Waals surface area contributed by atoms with Gasteiger partial charge in [-0.15, -0.1) is 0 Å². The van der Waals surface area contributed by atoms with E-state index in [4.69, 9.17) is 14.5 Å². The number of ether oxygens (including phenoxy) is 2. The van der Waals surface area contributed by atoms with E-state index in [9.17, 15) is 4.21 Å². The van der Waals surface area contributed by atoms with Crippen LogP contribution < -0.4 is 4.74 Å².